The highest BCUT2D eigenvalue weighted by Gasteiger charge is 2.69. The minimum absolute atomic E-state index is 0.221. The summed E-state index contributed by atoms with van der Waals surface area (Å²) in [5, 5.41) is 11.4. The maximum atomic E-state index is 14.2. The lowest BCUT2D eigenvalue weighted by Crippen LogP contribution is -2.58. The number of benzene rings is 3. The van der Waals surface area contributed by atoms with Crippen molar-refractivity contribution in [1.82, 2.24) is 0 Å². The number of aliphatic hydroxyl groups is 1. The van der Waals surface area contributed by atoms with Crippen LogP contribution in [0, 0.1) is 11.8 Å². The summed E-state index contributed by atoms with van der Waals surface area (Å²) in [6.45, 7) is 4.26. The summed E-state index contributed by atoms with van der Waals surface area (Å²) in [5.74, 6) is -1.46. The molecule has 5 nitrogen and oxygen atoms in total. The Bertz CT molecular complexity index is 1270. The zero-order chi connectivity index (χ0) is 23.6. The number of carbonyl (C=O) groups excluding carboxylic acids is 2. The van der Waals surface area contributed by atoms with Gasteiger partial charge in [0.1, 0.15) is 5.75 Å². The first kappa shape index (κ1) is 21.1. The molecular weight excluding hydrogens is 426 g/mol. The van der Waals surface area contributed by atoms with Crippen molar-refractivity contribution in [2.45, 2.75) is 37.7 Å². The van der Waals surface area contributed by atoms with Gasteiger partial charge in [0.25, 0.3) is 0 Å². The molecule has 3 aromatic carbocycles. The number of para-hydroxylation sites is 2. The van der Waals surface area contributed by atoms with E-state index >= 15 is 0 Å². The summed E-state index contributed by atoms with van der Waals surface area (Å²) >= 11 is 0. The number of imide groups is 1. The number of hydrogen-bond acceptors (Lipinski definition) is 4. The van der Waals surface area contributed by atoms with Crippen LogP contribution in [0.3, 0.4) is 0 Å². The normalized spacial score (nSPS) is 27.3. The number of ether oxygens (including phenoxy) is 1. The van der Waals surface area contributed by atoms with Gasteiger partial charge >= 0.3 is 0 Å². The molecule has 0 aromatic heterocycles. The van der Waals surface area contributed by atoms with Crippen molar-refractivity contribution in [2.24, 2.45) is 11.8 Å². The van der Waals surface area contributed by atoms with Gasteiger partial charge in [0, 0.05) is 5.92 Å². The monoisotopic (exact) mass is 453 g/mol. The Morgan fingerprint density at radius 1 is 0.912 bits per heavy atom. The van der Waals surface area contributed by atoms with Gasteiger partial charge < -0.3 is 9.84 Å². The molecule has 3 unspecified atom stereocenters. The summed E-state index contributed by atoms with van der Waals surface area (Å²) in [4.78, 5) is 29.7. The molecule has 2 bridgehead atoms. The van der Waals surface area contributed by atoms with Crippen LogP contribution in [0.2, 0.25) is 0 Å². The predicted molar refractivity (Wildman–Crippen MR) is 129 cm³/mol. The molecule has 0 radical (unpaired) electrons. The van der Waals surface area contributed by atoms with E-state index in [1.807, 2.05) is 67.6 Å². The summed E-state index contributed by atoms with van der Waals surface area (Å²) in [7, 11) is 0. The Morgan fingerprint density at radius 3 is 2.12 bits per heavy atom. The van der Waals surface area contributed by atoms with Crippen LogP contribution in [0.25, 0.3) is 0 Å². The lowest BCUT2D eigenvalue weighted by molar-refractivity contribution is -0.126. The Labute approximate surface area is 199 Å². The van der Waals surface area contributed by atoms with Crippen molar-refractivity contribution in [3.63, 3.8) is 0 Å². The fraction of sp³-hybridized carbons (Fsp3) is 0.310. The van der Waals surface area contributed by atoms with Gasteiger partial charge in [-0.1, -0.05) is 67.6 Å². The van der Waals surface area contributed by atoms with Crippen molar-refractivity contribution in [3.8, 4) is 5.75 Å². The van der Waals surface area contributed by atoms with E-state index in [1.165, 1.54) is 4.90 Å². The van der Waals surface area contributed by atoms with Gasteiger partial charge in [-0.15, -0.1) is 0 Å². The smallest absolute Gasteiger partial charge is 0.239 e. The fourth-order valence-electron chi connectivity index (χ4n) is 6.75. The highest BCUT2D eigenvalue weighted by Crippen LogP contribution is 2.65. The number of rotatable bonds is 5. The van der Waals surface area contributed by atoms with Crippen LogP contribution in [0.5, 0.6) is 5.75 Å². The minimum atomic E-state index is -0.993. The van der Waals surface area contributed by atoms with Crippen LogP contribution in [0.1, 0.15) is 48.4 Å². The molecule has 0 saturated carbocycles. The number of anilines is 1. The number of aliphatic hydroxyl groups excluding tert-OH is 1. The SMILES string of the molecule is CCCOc1ccccc1N1C(=O)C2C3c4ccccc4C(C(C)O)(c4ccccc43)C2C1=O. The molecular formula is C29H27NO4. The molecule has 2 amide bonds. The first-order valence-corrected chi connectivity index (χ1v) is 12.0. The van der Waals surface area contributed by atoms with Gasteiger partial charge in [-0.3, -0.25) is 9.59 Å². The summed E-state index contributed by atoms with van der Waals surface area (Å²) in [6.07, 6.45) is -0.0499. The van der Waals surface area contributed by atoms with Crippen molar-refractivity contribution in [2.75, 3.05) is 11.5 Å². The third kappa shape index (κ3) is 2.48. The first-order chi connectivity index (χ1) is 16.5. The maximum absolute atomic E-state index is 14.2. The number of amides is 2. The summed E-state index contributed by atoms with van der Waals surface area (Å²) < 4.78 is 5.92. The molecule has 1 aliphatic heterocycles. The Hall–Kier alpha value is -3.44. The largest absolute Gasteiger partial charge is 0.491 e. The number of nitrogens with zero attached hydrogens (tertiary/aromatic N) is 1. The van der Waals surface area contributed by atoms with Gasteiger partial charge in [-0.25, -0.2) is 4.90 Å². The lowest BCUT2D eigenvalue weighted by Gasteiger charge is -2.55. The van der Waals surface area contributed by atoms with Crippen LogP contribution in [0.15, 0.2) is 72.8 Å². The zero-order valence-electron chi connectivity index (χ0n) is 19.3. The Morgan fingerprint density at radius 2 is 1.50 bits per heavy atom. The van der Waals surface area contributed by atoms with Gasteiger partial charge in [0.15, 0.2) is 0 Å². The molecule has 172 valence electrons. The molecule has 4 aliphatic rings. The Kier molecular flexibility index (Phi) is 4.68. The van der Waals surface area contributed by atoms with Crippen molar-refractivity contribution in [1.29, 1.82) is 0 Å². The van der Waals surface area contributed by atoms with E-state index in [0.717, 1.165) is 28.7 Å². The molecule has 3 atom stereocenters. The van der Waals surface area contributed by atoms with Crippen molar-refractivity contribution >= 4 is 17.5 Å². The second-order valence-corrected chi connectivity index (χ2v) is 9.53. The maximum Gasteiger partial charge on any atom is 0.239 e. The molecule has 7 rings (SSSR count). The van der Waals surface area contributed by atoms with E-state index in [-0.39, 0.29) is 17.7 Å². The molecule has 1 N–H and O–H groups in total. The van der Waals surface area contributed by atoms with Crippen LogP contribution in [0.4, 0.5) is 5.69 Å². The van der Waals surface area contributed by atoms with Crippen LogP contribution < -0.4 is 9.64 Å². The second kappa shape index (κ2) is 7.54. The topological polar surface area (TPSA) is 66.8 Å². The van der Waals surface area contributed by atoms with E-state index in [4.69, 9.17) is 4.74 Å². The van der Waals surface area contributed by atoms with E-state index in [9.17, 15) is 14.7 Å². The summed E-state index contributed by atoms with van der Waals surface area (Å²) in [6, 6.07) is 23.2. The number of carbonyl (C=O) groups is 2. The third-order valence-corrected chi connectivity index (χ3v) is 7.91. The minimum Gasteiger partial charge on any atom is -0.491 e. The van der Waals surface area contributed by atoms with E-state index in [1.54, 1.807) is 19.1 Å². The molecule has 1 fully saturated rings. The first-order valence-electron chi connectivity index (χ1n) is 12.0. The average molecular weight is 454 g/mol. The standard InChI is InChI=1S/C29H27NO4/c1-3-16-34-23-15-9-8-14-22(23)30-27(32)25-24-18-10-4-6-12-20(18)29(17(2)31,26(25)28(30)33)21-13-7-5-11-19(21)24/h4-15,17,24-26,31H,3,16H2,1-2H3. The molecule has 3 aliphatic carbocycles. The van der Waals surface area contributed by atoms with Gasteiger partial charge in [0.05, 0.1) is 35.6 Å². The van der Waals surface area contributed by atoms with E-state index in [0.29, 0.717) is 18.0 Å². The molecule has 1 heterocycles. The van der Waals surface area contributed by atoms with Crippen molar-refractivity contribution < 1.29 is 19.4 Å². The molecule has 1 saturated heterocycles. The van der Waals surface area contributed by atoms with Crippen LogP contribution in [-0.2, 0) is 15.0 Å². The fourth-order valence-corrected chi connectivity index (χ4v) is 6.75. The predicted octanol–water partition coefficient (Wildman–Crippen LogP) is 4.41. The number of hydrogen-bond donors (Lipinski definition) is 1. The average Bonchev–Trinajstić information content (AvgIpc) is 3.13. The molecule has 34 heavy (non-hydrogen) atoms. The summed E-state index contributed by atoms with van der Waals surface area (Å²) in [5.41, 5.74) is 3.45. The molecule has 3 aromatic rings. The Balaban J connectivity index is 1.60. The van der Waals surface area contributed by atoms with Crippen LogP contribution >= 0.6 is 0 Å². The van der Waals surface area contributed by atoms with Gasteiger partial charge in [0.2, 0.25) is 11.8 Å². The lowest BCUT2D eigenvalue weighted by atomic mass is 9.46. The van der Waals surface area contributed by atoms with E-state index in [2.05, 4.69) is 0 Å². The third-order valence-electron chi connectivity index (χ3n) is 7.91. The van der Waals surface area contributed by atoms with Gasteiger partial charge in [-0.2, -0.15) is 0 Å². The quantitative estimate of drug-likeness (QED) is 0.582. The molecule has 0 spiro atoms. The van der Waals surface area contributed by atoms with Crippen LogP contribution in [-0.4, -0.2) is 29.6 Å². The van der Waals surface area contributed by atoms with Gasteiger partial charge in [-0.05, 0) is 47.7 Å². The molecule has 5 heteroatoms. The second-order valence-electron chi connectivity index (χ2n) is 9.53. The van der Waals surface area contributed by atoms with E-state index < -0.39 is 23.4 Å². The zero-order valence-corrected chi connectivity index (χ0v) is 19.3. The highest BCUT2D eigenvalue weighted by atomic mass is 16.5. The highest BCUT2D eigenvalue weighted by molar-refractivity contribution is 6.24. The van der Waals surface area contributed by atoms with Crippen molar-refractivity contribution in [3.05, 3.63) is 95.1 Å².